The first-order valence-corrected chi connectivity index (χ1v) is 10.1. The molecule has 1 aliphatic heterocycles. The van der Waals surface area contributed by atoms with Crippen molar-refractivity contribution in [3.8, 4) is 0 Å². The van der Waals surface area contributed by atoms with Crippen LogP contribution in [0.5, 0.6) is 0 Å². The summed E-state index contributed by atoms with van der Waals surface area (Å²) < 4.78 is 5.54. The van der Waals surface area contributed by atoms with Gasteiger partial charge in [-0.3, -0.25) is 14.5 Å². The Morgan fingerprint density at radius 3 is 2.28 bits per heavy atom. The van der Waals surface area contributed by atoms with Crippen LogP contribution in [0.25, 0.3) is 5.57 Å². The summed E-state index contributed by atoms with van der Waals surface area (Å²) in [7, 11) is 0. The van der Waals surface area contributed by atoms with Gasteiger partial charge in [-0.05, 0) is 57.0 Å². The van der Waals surface area contributed by atoms with Gasteiger partial charge >= 0.3 is 0 Å². The van der Waals surface area contributed by atoms with Crippen LogP contribution in [0.4, 0.5) is 5.69 Å². The van der Waals surface area contributed by atoms with E-state index in [2.05, 4.69) is 5.32 Å². The molecular weight excluding hydrogens is 388 g/mol. The number of aryl methyl sites for hydroxylation is 1. The summed E-state index contributed by atoms with van der Waals surface area (Å²) in [4.78, 5) is 27.5. The summed E-state index contributed by atoms with van der Waals surface area (Å²) in [5, 5.41) is 3.72. The number of carbonyl (C=O) groups excluding carboxylic acids is 2. The first kappa shape index (κ1) is 21.1. The van der Waals surface area contributed by atoms with Gasteiger partial charge < -0.3 is 10.1 Å². The van der Waals surface area contributed by atoms with Crippen LogP contribution in [-0.4, -0.2) is 36.0 Å². The maximum Gasteiger partial charge on any atom is 0.278 e. The summed E-state index contributed by atoms with van der Waals surface area (Å²) in [6, 6.07) is 14.6. The van der Waals surface area contributed by atoms with E-state index in [9.17, 15) is 9.59 Å². The summed E-state index contributed by atoms with van der Waals surface area (Å²) in [5.74, 6) is -0.637. The van der Waals surface area contributed by atoms with Crippen molar-refractivity contribution in [3.05, 3.63) is 70.4 Å². The highest BCUT2D eigenvalue weighted by Gasteiger charge is 2.38. The molecule has 6 heteroatoms. The molecule has 1 aliphatic rings. The Morgan fingerprint density at radius 1 is 1.00 bits per heavy atom. The average molecular weight is 413 g/mol. The van der Waals surface area contributed by atoms with E-state index in [1.807, 2.05) is 45.0 Å². The number of nitrogens with zero attached hydrogens (tertiary/aromatic N) is 1. The van der Waals surface area contributed by atoms with Gasteiger partial charge in [0.2, 0.25) is 0 Å². The lowest BCUT2D eigenvalue weighted by Crippen LogP contribution is -2.34. The van der Waals surface area contributed by atoms with Crippen molar-refractivity contribution in [2.24, 2.45) is 0 Å². The van der Waals surface area contributed by atoms with Crippen molar-refractivity contribution in [1.82, 2.24) is 4.90 Å². The van der Waals surface area contributed by atoms with Crippen LogP contribution < -0.4 is 5.32 Å². The van der Waals surface area contributed by atoms with E-state index < -0.39 is 0 Å². The Kier molecular flexibility index (Phi) is 6.72. The van der Waals surface area contributed by atoms with Crippen molar-refractivity contribution >= 4 is 34.7 Å². The van der Waals surface area contributed by atoms with E-state index in [-0.39, 0.29) is 23.6 Å². The number of hydrogen-bond acceptors (Lipinski definition) is 4. The van der Waals surface area contributed by atoms with E-state index in [1.54, 1.807) is 24.3 Å². The van der Waals surface area contributed by atoms with Gasteiger partial charge in [0.15, 0.2) is 0 Å². The first-order valence-electron chi connectivity index (χ1n) is 9.68. The number of hydrogen-bond donors (Lipinski definition) is 1. The molecule has 0 unspecified atom stereocenters. The number of halogens is 1. The topological polar surface area (TPSA) is 58.6 Å². The molecule has 0 fully saturated rings. The number of benzene rings is 2. The van der Waals surface area contributed by atoms with Gasteiger partial charge in [0, 0.05) is 23.9 Å². The standard InChI is InChI=1S/C23H25ClN2O3/c1-15(2)29-14-4-13-26-22(27)20(17-7-9-18(24)10-8-17)21(23(26)28)25-19-11-5-16(3)6-12-19/h5-12,15,25H,4,13-14H2,1-3H3. The Bertz CT molecular complexity index is 918. The lowest BCUT2D eigenvalue weighted by molar-refractivity contribution is -0.137. The first-order chi connectivity index (χ1) is 13.9. The normalized spacial score (nSPS) is 14.3. The van der Waals surface area contributed by atoms with Crippen LogP contribution >= 0.6 is 11.6 Å². The fraction of sp³-hybridized carbons (Fsp3) is 0.304. The van der Waals surface area contributed by atoms with E-state index in [0.717, 1.165) is 11.3 Å². The molecule has 29 heavy (non-hydrogen) atoms. The molecule has 0 saturated carbocycles. The van der Waals surface area contributed by atoms with Gasteiger partial charge in [0.05, 0.1) is 11.7 Å². The maximum atomic E-state index is 13.1. The molecule has 5 nitrogen and oxygen atoms in total. The molecule has 152 valence electrons. The van der Waals surface area contributed by atoms with Gasteiger partial charge in [-0.1, -0.05) is 41.4 Å². The molecule has 2 aromatic carbocycles. The van der Waals surface area contributed by atoms with Crippen LogP contribution in [0.15, 0.2) is 54.2 Å². The Morgan fingerprint density at radius 2 is 1.66 bits per heavy atom. The molecular formula is C23H25ClN2O3. The number of nitrogens with one attached hydrogen (secondary N) is 1. The monoisotopic (exact) mass is 412 g/mol. The molecule has 1 N–H and O–H groups in total. The van der Waals surface area contributed by atoms with Crippen LogP contribution in [-0.2, 0) is 14.3 Å². The smallest absolute Gasteiger partial charge is 0.278 e. The highest BCUT2D eigenvalue weighted by atomic mass is 35.5. The van der Waals surface area contributed by atoms with E-state index in [1.165, 1.54) is 4.90 Å². The van der Waals surface area contributed by atoms with Crippen molar-refractivity contribution in [2.75, 3.05) is 18.5 Å². The zero-order valence-corrected chi connectivity index (χ0v) is 17.6. The van der Waals surface area contributed by atoms with E-state index in [0.29, 0.717) is 35.7 Å². The van der Waals surface area contributed by atoms with Crippen molar-refractivity contribution in [1.29, 1.82) is 0 Å². The zero-order chi connectivity index (χ0) is 21.0. The van der Waals surface area contributed by atoms with E-state index in [4.69, 9.17) is 16.3 Å². The summed E-state index contributed by atoms with van der Waals surface area (Å²) in [6.45, 7) is 6.70. The molecule has 0 bridgehead atoms. The zero-order valence-electron chi connectivity index (χ0n) is 16.9. The predicted molar refractivity (Wildman–Crippen MR) is 116 cm³/mol. The second-order valence-electron chi connectivity index (χ2n) is 7.28. The molecule has 0 atom stereocenters. The fourth-order valence-electron chi connectivity index (χ4n) is 3.10. The Hall–Kier alpha value is -2.63. The fourth-order valence-corrected chi connectivity index (χ4v) is 3.23. The molecule has 0 radical (unpaired) electrons. The van der Waals surface area contributed by atoms with E-state index >= 15 is 0 Å². The van der Waals surface area contributed by atoms with Crippen molar-refractivity contribution in [3.63, 3.8) is 0 Å². The van der Waals surface area contributed by atoms with Crippen LogP contribution in [0.2, 0.25) is 5.02 Å². The quantitative estimate of drug-likeness (QED) is 0.506. The second-order valence-corrected chi connectivity index (χ2v) is 7.72. The third kappa shape index (κ3) is 5.05. The Balaban J connectivity index is 1.88. The largest absolute Gasteiger partial charge is 0.379 e. The average Bonchev–Trinajstić information content (AvgIpc) is 2.91. The van der Waals surface area contributed by atoms with Crippen LogP contribution in [0, 0.1) is 6.92 Å². The van der Waals surface area contributed by atoms with Gasteiger partial charge in [-0.2, -0.15) is 0 Å². The maximum absolute atomic E-state index is 13.1. The number of ether oxygens (including phenoxy) is 1. The lowest BCUT2D eigenvalue weighted by Gasteiger charge is -2.16. The lowest BCUT2D eigenvalue weighted by atomic mass is 10.0. The molecule has 0 aliphatic carbocycles. The number of carbonyl (C=O) groups is 2. The third-order valence-corrected chi connectivity index (χ3v) is 4.85. The molecule has 0 saturated heterocycles. The van der Waals surface area contributed by atoms with Gasteiger partial charge in [-0.15, -0.1) is 0 Å². The SMILES string of the molecule is Cc1ccc(NC2=C(c3ccc(Cl)cc3)C(=O)N(CCCOC(C)C)C2=O)cc1. The van der Waals surface area contributed by atoms with Gasteiger partial charge in [-0.25, -0.2) is 0 Å². The number of imide groups is 1. The van der Waals surface area contributed by atoms with Crippen LogP contribution in [0.3, 0.4) is 0 Å². The summed E-state index contributed by atoms with van der Waals surface area (Å²) in [6.07, 6.45) is 0.697. The molecule has 1 heterocycles. The van der Waals surface area contributed by atoms with Gasteiger partial charge in [0.1, 0.15) is 5.70 Å². The van der Waals surface area contributed by atoms with Gasteiger partial charge in [0.25, 0.3) is 11.8 Å². The van der Waals surface area contributed by atoms with Crippen LogP contribution in [0.1, 0.15) is 31.4 Å². The third-order valence-electron chi connectivity index (χ3n) is 4.60. The highest BCUT2D eigenvalue weighted by molar-refractivity contribution is 6.36. The summed E-state index contributed by atoms with van der Waals surface area (Å²) >= 11 is 6.00. The number of amides is 2. The minimum atomic E-state index is -0.329. The predicted octanol–water partition coefficient (Wildman–Crippen LogP) is 4.66. The number of anilines is 1. The minimum Gasteiger partial charge on any atom is -0.379 e. The number of rotatable bonds is 8. The molecule has 3 rings (SSSR count). The van der Waals surface area contributed by atoms with Crippen molar-refractivity contribution in [2.45, 2.75) is 33.3 Å². The Labute approximate surface area is 176 Å². The molecule has 0 aromatic heterocycles. The molecule has 2 aromatic rings. The minimum absolute atomic E-state index is 0.112. The molecule has 2 amide bonds. The highest BCUT2D eigenvalue weighted by Crippen LogP contribution is 2.31. The summed E-state index contributed by atoms with van der Waals surface area (Å²) in [5.41, 5.74) is 3.16. The molecule has 0 spiro atoms. The second kappa shape index (κ2) is 9.25. The van der Waals surface area contributed by atoms with Crippen molar-refractivity contribution < 1.29 is 14.3 Å².